The molecule has 0 unspecified atom stereocenters. The van der Waals surface area contributed by atoms with Crippen LogP contribution >= 0.6 is 0 Å². The SMILES string of the molecule is CCCCCCCC/C=C/CCCCCCC(C)(C)[NH]. The molecule has 20 heavy (non-hydrogen) atoms. The number of hydrogen-bond donors (Lipinski definition) is 0. The van der Waals surface area contributed by atoms with E-state index in [0.717, 1.165) is 6.42 Å². The molecule has 0 aliphatic rings. The van der Waals surface area contributed by atoms with Gasteiger partial charge in [0, 0.05) is 5.54 Å². The molecule has 0 aromatic rings. The highest BCUT2D eigenvalue weighted by Gasteiger charge is 2.09. The second-order valence-corrected chi connectivity index (χ2v) is 6.86. The molecule has 0 heterocycles. The summed E-state index contributed by atoms with van der Waals surface area (Å²) in [5.41, 5.74) is 7.56. The van der Waals surface area contributed by atoms with Crippen LogP contribution in [0.5, 0.6) is 0 Å². The minimum atomic E-state index is -0.225. The molecule has 1 nitrogen and oxygen atoms in total. The van der Waals surface area contributed by atoms with Gasteiger partial charge in [-0.05, 0) is 46.0 Å². The van der Waals surface area contributed by atoms with E-state index in [1.807, 2.05) is 13.8 Å². The number of rotatable bonds is 14. The maximum atomic E-state index is 7.78. The Bertz CT molecular complexity index is 212. The molecule has 119 valence electrons. The van der Waals surface area contributed by atoms with Gasteiger partial charge in [0.15, 0.2) is 0 Å². The van der Waals surface area contributed by atoms with Crippen LogP contribution in [0.25, 0.3) is 0 Å². The number of nitrogens with one attached hydrogen (secondary N) is 1. The lowest BCUT2D eigenvalue weighted by Gasteiger charge is -2.16. The summed E-state index contributed by atoms with van der Waals surface area (Å²) in [6.45, 7) is 6.30. The molecule has 1 radical (unpaired) electrons. The van der Waals surface area contributed by atoms with Gasteiger partial charge < -0.3 is 0 Å². The van der Waals surface area contributed by atoms with Crippen molar-refractivity contribution in [1.82, 2.24) is 5.73 Å². The van der Waals surface area contributed by atoms with Crippen molar-refractivity contribution in [2.75, 3.05) is 0 Å². The summed E-state index contributed by atoms with van der Waals surface area (Å²) < 4.78 is 0. The largest absolute Gasteiger partial charge is 0.252 e. The van der Waals surface area contributed by atoms with Gasteiger partial charge in [0.1, 0.15) is 0 Å². The Balaban J connectivity index is 3.13. The lowest BCUT2D eigenvalue weighted by Crippen LogP contribution is -2.20. The third-order valence-corrected chi connectivity index (χ3v) is 3.81. The first-order chi connectivity index (χ1) is 9.56. The molecule has 0 spiro atoms. The van der Waals surface area contributed by atoms with Gasteiger partial charge in [-0.25, -0.2) is 0 Å². The second-order valence-electron chi connectivity index (χ2n) is 6.86. The standard InChI is InChI=1S/C19H38N/c1-4-5-6-7-8-9-10-11-12-13-14-15-16-17-18-19(2,3)20/h11-12,20H,4-10,13-18H2,1-3H3/b12-11+. The van der Waals surface area contributed by atoms with Gasteiger partial charge in [0.25, 0.3) is 0 Å². The van der Waals surface area contributed by atoms with Crippen molar-refractivity contribution >= 4 is 0 Å². The van der Waals surface area contributed by atoms with E-state index in [9.17, 15) is 0 Å². The third-order valence-electron chi connectivity index (χ3n) is 3.81. The number of unbranched alkanes of at least 4 members (excludes halogenated alkanes) is 10. The van der Waals surface area contributed by atoms with E-state index in [1.165, 1.54) is 77.0 Å². The van der Waals surface area contributed by atoms with Crippen molar-refractivity contribution < 1.29 is 0 Å². The smallest absolute Gasteiger partial charge is 0.0267 e. The summed E-state index contributed by atoms with van der Waals surface area (Å²) in [7, 11) is 0. The van der Waals surface area contributed by atoms with Crippen molar-refractivity contribution in [1.29, 1.82) is 0 Å². The fourth-order valence-corrected chi connectivity index (χ4v) is 2.46. The highest BCUT2D eigenvalue weighted by Crippen LogP contribution is 2.14. The lowest BCUT2D eigenvalue weighted by atomic mass is 9.97. The van der Waals surface area contributed by atoms with Crippen LogP contribution in [0.2, 0.25) is 0 Å². The quantitative estimate of drug-likeness (QED) is 0.250. The summed E-state index contributed by atoms with van der Waals surface area (Å²) in [4.78, 5) is 0. The molecule has 0 saturated heterocycles. The molecule has 1 heteroatoms. The molecule has 0 bridgehead atoms. The summed E-state index contributed by atoms with van der Waals surface area (Å²) in [6.07, 6.45) is 21.9. The zero-order valence-corrected chi connectivity index (χ0v) is 14.3. The molecular formula is C19H38N. The molecular weight excluding hydrogens is 242 g/mol. The monoisotopic (exact) mass is 280 g/mol. The Morgan fingerprint density at radius 2 is 1.15 bits per heavy atom. The van der Waals surface area contributed by atoms with Gasteiger partial charge in [0.05, 0.1) is 0 Å². The van der Waals surface area contributed by atoms with Crippen LogP contribution in [0.1, 0.15) is 104 Å². The van der Waals surface area contributed by atoms with Gasteiger partial charge in [0.2, 0.25) is 0 Å². The van der Waals surface area contributed by atoms with Crippen LogP contribution in [-0.4, -0.2) is 5.54 Å². The first kappa shape index (κ1) is 19.7. The topological polar surface area (TPSA) is 23.8 Å². The van der Waals surface area contributed by atoms with E-state index < -0.39 is 0 Å². The number of hydrogen-bond acceptors (Lipinski definition) is 0. The predicted molar refractivity (Wildman–Crippen MR) is 92.0 cm³/mol. The van der Waals surface area contributed by atoms with Gasteiger partial charge in [-0.1, -0.05) is 70.4 Å². The van der Waals surface area contributed by atoms with E-state index in [2.05, 4.69) is 19.1 Å². The second kappa shape index (κ2) is 13.7. The first-order valence-electron chi connectivity index (χ1n) is 8.96. The van der Waals surface area contributed by atoms with Crippen LogP contribution in [0.15, 0.2) is 12.2 Å². The molecule has 0 aliphatic heterocycles. The fourth-order valence-electron chi connectivity index (χ4n) is 2.46. The van der Waals surface area contributed by atoms with Gasteiger partial charge in [-0.2, -0.15) is 0 Å². The van der Waals surface area contributed by atoms with Crippen LogP contribution < -0.4 is 5.73 Å². The minimum absolute atomic E-state index is 0.225. The predicted octanol–water partition coefficient (Wildman–Crippen LogP) is 6.70. The van der Waals surface area contributed by atoms with E-state index >= 15 is 0 Å². The van der Waals surface area contributed by atoms with Crippen molar-refractivity contribution in [2.45, 2.75) is 110 Å². The Kier molecular flexibility index (Phi) is 13.5. The molecule has 0 aromatic carbocycles. The van der Waals surface area contributed by atoms with Crippen LogP contribution in [0, 0.1) is 0 Å². The molecule has 0 rings (SSSR count). The van der Waals surface area contributed by atoms with Crippen molar-refractivity contribution in [2.24, 2.45) is 0 Å². The Hall–Kier alpha value is -0.300. The maximum absolute atomic E-state index is 7.78. The Morgan fingerprint density at radius 1 is 0.700 bits per heavy atom. The zero-order chi connectivity index (χ0) is 15.1. The highest BCUT2D eigenvalue weighted by molar-refractivity contribution is 4.81. The summed E-state index contributed by atoms with van der Waals surface area (Å²) in [6, 6.07) is 0. The summed E-state index contributed by atoms with van der Waals surface area (Å²) in [5.74, 6) is 0. The van der Waals surface area contributed by atoms with E-state index in [-0.39, 0.29) is 5.54 Å². The fraction of sp³-hybridized carbons (Fsp3) is 0.895. The average molecular weight is 281 g/mol. The molecule has 0 aliphatic carbocycles. The van der Waals surface area contributed by atoms with Gasteiger partial charge >= 0.3 is 0 Å². The average Bonchev–Trinajstić information content (AvgIpc) is 2.38. The molecule has 0 saturated carbocycles. The van der Waals surface area contributed by atoms with Gasteiger partial charge in [-0.15, -0.1) is 0 Å². The zero-order valence-electron chi connectivity index (χ0n) is 14.3. The van der Waals surface area contributed by atoms with Crippen molar-refractivity contribution in [3.05, 3.63) is 12.2 Å². The van der Waals surface area contributed by atoms with Crippen LogP contribution in [0.3, 0.4) is 0 Å². The molecule has 0 aromatic heterocycles. The van der Waals surface area contributed by atoms with Crippen molar-refractivity contribution in [3.63, 3.8) is 0 Å². The van der Waals surface area contributed by atoms with Gasteiger partial charge in [-0.3, -0.25) is 5.73 Å². The summed E-state index contributed by atoms with van der Waals surface area (Å²) >= 11 is 0. The number of allylic oxidation sites excluding steroid dienone is 2. The third kappa shape index (κ3) is 17.7. The van der Waals surface area contributed by atoms with E-state index in [0.29, 0.717) is 0 Å². The van der Waals surface area contributed by atoms with E-state index in [1.54, 1.807) is 0 Å². The Labute approximate surface area is 128 Å². The van der Waals surface area contributed by atoms with Crippen LogP contribution in [-0.2, 0) is 0 Å². The summed E-state index contributed by atoms with van der Waals surface area (Å²) in [5, 5.41) is 0. The van der Waals surface area contributed by atoms with E-state index in [4.69, 9.17) is 5.73 Å². The first-order valence-corrected chi connectivity index (χ1v) is 8.96. The maximum Gasteiger partial charge on any atom is 0.0267 e. The lowest BCUT2D eigenvalue weighted by molar-refractivity contribution is 0.430. The van der Waals surface area contributed by atoms with Crippen molar-refractivity contribution in [3.8, 4) is 0 Å². The minimum Gasteiger partial charge on any atom is -0.252 e. The molecule has 0 amide bonds. The molecule has 1 N–H and O–H groups in total. The van der Waals surface area contributed by atoms with Crippen LogP contribution in [0.4, 0.5) is 0 Å². The molecule has 0 atom stereocenters. The normalized spacial score (nSPS) is 12.4. The molecule has 0 fully saturated rings. The Morgan fingerprint density at radius 3 is 1.65 bits per heavy atom. The highest BCUT2D eigenvalue weighted by atomic mass is 14.7.